The molecule has 1 aromatic rings. The zero-order valence-electron chi connectivity index (χ0n) is 13.9. The molecule has 1 aliphatic rings. The molecule has 2 rings (SSSR count). The summed E-state index contributed by atoms with van der Waals surface area (Å²) >= 11 is 0. The molecule has 0 spiro atoms. The van der Waals surface area contributed by atoms with Crippen LogP contribution in [-0.4, -0.2) is 19.7 Å². The average Bonchev–Trinajstić information content (AvgIpc) is 2.77. The molecule has 0 bridgehead atoms. The van der Waals surface area contributed by atoms with Crippen molar-refractivity contribution in [2.45, 2.75) is 64.3 Å². The van der Waals surface area contributed by atoms with Gasteiger partial charge in [0.2, 0.25) is 0 Å². The van der Waals surface area contributed by atoms with Crippen LogP contribution < -0.4 is 10.1 Å². The smallest absolute Gasteiger partial charge is 0.122 e. The normalized spacial score (nSPS) is 18.5. The Balaban J connectivity index is 2.21. The lowest BCUT2D eigenvalue weighted by Gasteiger charge is -2.29. The monoisotopic (exact) mass is 289 g/mol. The predicted octanol–water partition coefficient (Wildman–Crippen LogP) is 4.75. The Hall–Kier alpha value is -1.02. The van der Waals surface area contributed by atoms with Crippen LogP contribution in [0, 0.1) is 5.92 Å². The van der Waals surface area contributed by atoms with E-state index in [1.807, 2.05) is 0 Å². The van der Waals surface area contributed by atoms with Crippen LogP contribution >= 0.6 is 0 Å². The molecule has 0 heterocycles. The first kappa shape index (κ1) is 16.4. The maximum absolute atomic E-state index is 5.63. The zero-order chi connectivity index (χ0) is 15.1. The fraction of sp³-hybridized carbons (Fsp3) is 0.684. The number of methoxy groups -OCH3 is 1. The van der Waals surface area contributed by atoms with Crippen molar-refractivity contribution >= 4 is 0 Å². The Labute approximate surface area is 130 Å². The van der Waals surface area contributed by atoms with Crippen molar-refractivity contribution in [1.82, 2.24) is 5.32 Å². The third-order valence-corrected chi connectivity index (χ3v) is 4.75. The lowest BCUT2D eigenvalue weighted by molar-refractivity contribution is 0.337. The summed E-state index contributed by atoms with van der Waals surface area (Å²) < 4.78 is 5.63. The van der Waals surface area contributed by atoms with E-state index in [1.54, 1.807) is 7.11 Å². The molecule has 0 aliphatic heterocycles. The number of hydrogen-bond acceptors (Lipinski definition) is 2. The molecule has 1 unspecified atom stereocenters. The van der Waals surface area contributed by atoms with Crippen LogP contribution in [-0.2, 0) is 0 Å². The van der Waals surface area contributed by atoms with Gasteiger partial charge in [0.15, 0.2) is 0 Å². The van der Waals surface area contributed by atoms with Crippen LogP contribution in [0.4, 0.5) is 0 Å². The number of hydrogen-bond donors (Lipinski definition) is 1. The molecule has 2 heteroatoms. The standard InChI is InChI=1S/C19H31NO/c1-15(2)20-14-18(16-10-6-4-5-7-11-16)17-12-8-9-13-19(17)21-3/h8-9,12-13,15-16,18,20H,4-7,10-11,14H2,1-3H3. The summed E-state index contributed by atoms with van der Waals surface area (Å²) in [6, 6.07) is 9.12. The van der Waals surface area contributed by atoms with Crippen molar-refractivity contribution in [2.75, 3.05) is 13.7 Å². The van der Waals surface area contributed by atoms with E-state index in [4.69, 9.17) is 4.74 Å². The Morgan fingerprint density at radius 1 is 1.10 bits per heavy atom. The van der Waals surface area contributed by atoms with Gasteiger partial charge in [-0.25, -0.2) is 0 Å². The van der Waals surface area contributed by atoms with Crippen LogP contribution in [0.5, 0.6) is 5.75 Å². The number of ether oxygens (including phenoxy) is 1. The highest BCUT2D eigenvalue weighted by molar-refractivity contribution is 5.37. The Morgan fingerprint density at radius 3 is 2.38 bits per heavy atom. The first-order chi connectivity index (χ1) is 10.2. The zero-order valence-corrected chi connectivity index (χ0v) is 13.9. The maximum atomic E-state index is 5.63. The van der Waals surface area contributed by atoms with Crippen molar-refractivity contribution in [3.05, 3.63) is 29.8 Å². The summed E-state index contributed by atoms with van der Waals surface area (Å²) in [6.45, 7) is 5.52. The van der Waals surface area contributed by atoms with Crippen molar-refractivity contribution in [3.8, 4) is 5.75 Å². The Kier molecular flexibility index (Phi) is 6.56. The molecule has 1 fully saturated rings. The van der Waals surface area contributed by atoms with E-state index in [0.29, 0.717) is 12.0 Å². The number of rotatable bonds is 6. The number of para-hydroxylation sites is 1. The third kappa shape index (κ3) is 4.74. The molecule has 118 valence electrons. The average molecular weight is 289 g/mol. The van der Waals surface area contributed by atoms with E-state index in [1.165, 1.54) is 44.1 Å². The summed E-state index contributed by atoms with van der Waals surface area (Å²) in [5.74, 6) is 2.41. The van der Waals surface area contributed by atoms with Gasteiger partial charge in [-0.2, -0.15) is 0 Å². The lowest BCUT2D eigenvalue weighted by Crippen LogP contribution is -2.31. The maximum Gasteiger partial charge on any atom is 0.122 e. The highest BCUT2D eigenvalue weighted by atomic mass is 16.5. The summed E-state index contributed by atoms with van der Waals surface area (Å²) in [4.78, 5) is 0. The van der Waals surface area contributed by atoms with E-state index in [2.05, 4.69) is 43.4 Å². The van der Waals surface area contributed by atoms with E-state index in [9.17, 15) is 0 Å². The fourth-order valence-electron chi connectivity index (χ4n) is 3.58. The van der Waals surface area contributed by atoms with Gasteiger partial charge in [0.1, 0.15) is 5.75 Å². The highest BCUT2D eigenvalue weighted by Crippen LogP contribution is 2.38. The molecule has 0 radical (unpaired) electrons. The number of benzene rings is 1. The van der Waals surface area contributed by atoms with Gasteiger partial charge in [-0.15, -0.1) is 0 Å². The quantitative estimate of drug-likeness (QED) is 0.763. The largest absolute Gasteiger partial charge is 0.496 e. The summed E-state index contributed by atoms with van der Waals surface area (Å²) in [5, 5.41) is 3.66. The minimum absolute atomic E-state index is 0.535. The summed E-state index contributed by atoms with van der Waals surface area (Å²) in [6.07, 6.45) is 8.32. The second-order valence-electron chi connectivity index (χ2n) is 6.66. The Morgan fingerprint density at radius 2 is 1.76 bits per heavy atom. The molecular weight excluding hydrogens is 258 g/mol. The van der Waals surface area contributed by atoms with Gasteiger partial charge in [0.05, 0.1) is 7.11 Å². The molecular formula is C19H31NO. The molecule has 0 aromatic heterocycles. The first-order valence-electron chi connectivity index (χ1n) is 8.58. The van der Waals surface area contributed by atoms with Gasteiger partial charge in [-0.3, -0.25) is 0 Å². The molecule has 2 nitrogen and oxygen atoms in total. The van der Waals surface area contributed by atoms with E-state index < -0.39 is 0 Å². The summed E-state index contributed by atoms with van der Waals surface area (Å²) in [5.41, 5.74) is 1.39. The highest BCUT2D eigenvalue weighted by Gasteiger charge is 2.26. The second-order valence-corrected chi connectivity index (χ2v) is 6.66. The van der Waals surface area contributed by atoms with Crippen molar-refractivity contribution in [3.63, 3.8) is 0 Å². The minimum atomic E-state index is 0.535. The van der Waals surface area contributed by atoms with Crippen LogP contribution in [0.2, 0.25) is 0 Å². The van der Waals surface area contributed by atoms with Crippen LogP contribution in [0.1, 0.15) is 63.9 Å². The van der Waals surface area contributed by atoms with Gasteiger partial charge >= 0.3 is 0 Å². The third-order valence-electron chi connectivity index (χ3n) is 4.75. The molecule has 1 atom stereocenters. The molecule has 0 amide bonds. The van der Waals surface area contributed by atoms with Gasteiger partial charge < -0.3 is 10.1 Å². The van der Waals surface area contributed by atoms with Crippen LogP contribution in [0.3, 0.4) is 0 Å². The molecule has 1 aromatic carbocycles. The van der Waals surface area contributed by atoms with E-state index in [0.717, 1.165) is 18.2 Å². The van der Waals surface area contributed by atoms with Gasteiger partial charge in [0, 0.05) is 18.5 Å². The SMILES string of the molecule is COc1ccccc1C(CNC(C)C)C1CCCCCC1. The predicted molar refractivity (Wildman–Crippen MR) is 90.1 cm³/mol. The van der Waals surface area contributed by atoms with Crippen LogP contribution in [0.25, 0.3) is 0 Å². The lowest BCUT2D eigenvalue weighted by atomic mass is 9.80. The first-order valence-corrected chi connectivity index (χ1v) is 8.58. The van der Waals surface area contributed by atoms with Crippen molar-refractivity contribution < 1.29 is 4.74 Å². The van der Waals surface area contributed by atoms with Gasteiger partial charge in [-0.05, 0) is 30.4 Å². The van der Waals surface area contributed by atoms with Gasteiger partial charge in [-0.1, -0.05) is 57.7 Å². The van der Waals surface area contributed by atoms with Crippen LogP contribution in [0.15, 0.2) is 24.3 Å². The minimum Gasteiger partial charge on any atom is -0.496 e. The Bertz CT molecular complexity index is 408. The topological polar surface area (TPSA) is 21.3 Å². The molecule has 1 N–H and O–H groups in total. The molecule has 1 saturated carbocycles. The van der Waals surface area contributed by atoms with Crippen molar-refractivity contribution in [2.24, 2.45) is 5.92 Å². The van der Waals surface area contributed by atoms with Gasteiger partial charge in [0.25, 0.3) is 0 Å². The van der Waals surface area contributed by atoms with E-state index in [-0.39, 0.29) is 0 Å². The molecule has 0 saturated heterocycles. The second kappa shape index (κ2) is 8.43. The summed E-state index contributed by atoms with van der Waals surface area (Å²) in [7, 11) is 1.79. The molecule has 21 heavy (non-hydrogen) atoms. The van der Waals surface area contributed by atoms with Crippen molar-refractivity contribution in [1.29, 1.82) is 0 Å². The molecule has 1 aliphatic carbocycles. The number of nitrogens with one attached hydrogen (secondary N) is 1. The van der Waals surface area contributed by atoms with E-state index >= 15 is 0 Å². The fourth-order valence-corrected chi connectivity index (χ4v) is 3.58.